The van der Waals surface area contributed by atoms with E-state index in [1.807, 2.05) is 22.9 Å². The van der Waals surface area contributed by atoms with Crippen molar-refractivity contribution in [2.24, 2.45) is 0 Å². The number of nitrogens with one attached hydrogen (secondary N) is 1. The fourth-order valence-electron chi connectivity index (χ4n) is 2.83. The highest BCUT2D eigenvalue weighted by Gasteiger charge is 2.29. The monoisotopic (exact) mass is 289 g/mol. The number of rotatable bonds is 3. The number of carbonyl (C=O) groups excluding carboxylic acids is 2. The summed E-state index contributed by atoms with van der Waals surface area (Å²) in [7, 11) is 1.85. The Labute approximate surface area is 123 Å². The minimum atomic E-state index is -1.09. The topological polar surface area (TPSA) is 72.9 Å². The predicted molar refractivity (Wildman–Crippen MR) is 79.1 cm³/mol. The van der Waals surface area contributed by atoms with Gasteiger partial charge in [-0.25, -0.2) is 0 Å². The number of likely N-dealkylation sites (tertiary alicyclic amines) is 1. The van der Waals surface area contributed by atoms with Crippen molar-refractivity contribution in [3.05, 3.63) is 23.8 Å². The zero-order valence-electron chi connectivity index (χ0n) is 12.0. The van der Waals surface area contributed by atoms with E-state index in [1.165, 1.54) is 0 Å². The van der Waals surface area contributed by atoms with Crippen molar-refractivity contribution in [3.63, 3.8) is 0 Å². The molecule has 1 aromatic rings. The SMILES string of the molecule is CN(CC(=O)N1CCCC1)c1ccc2c(c1)NC(=O)C2O. The summed E-state index contributed by atoms with van der Waals surface area (Å²) >= 11 is 0. The summed E-state index contributed by atoms with van der Waals surface area (Å²) in [6.07, 6.45) is 1.07. The molecule has 0 bridgehead atoms. The van der Waals surface area contributed by atoms with E-state index in [0.717, 1.165) is 31.6 Å². The summed E-state index contributed by atoms with van der Waals surface area (Å²) in [5, 5.41) is 12.3. The lowest BCUT2D eigenvalue weighted by Crippen LogP contribution is -2.37. The first kappa shape index (κ1) is 13.9. The number of hydrogen-bond acceptors (Lipinski definition) is 4. The molecule has 0 aliphatic carbocycles. The van der Waals surface area contributed by atoms with E-state index in [4.69, 9.17) is 0 Å². The van der Waals surface area contributed by atoms with Crippen molar-refractivity contribution in [1.82, 2.24) is 4.90 Å². The first-order valence-corrected chi connectivity index (χ1v) is 7.18. The lowest BCUT2D eigenvalue weighted by atomic mass is 10.1. The summed E-state index contributed by atoms with van der Waals surface area (Å²) in [5.41, 5.74) is 2.05. The summed E-state index contributed by atoms with van der Waals surface area (Å²) in [6, 6.07) is 5.34. The third kappa shape index (κ3) is 2.58. The second-order valence-electron chi connectivity index (χ2n) is 5.61. The molecule has 0 saturated carbocycles. The van der Waals surface area contributed by atoms with Crippen LogP contribution in [0.3, 0.4) is 0 Å². The molecule has 21 heavy (non-hydrogen) atoms. The van der Waals surface area contributed by atoms with Gasteiger partial charge >= 0.3 is 0 Å². The van der Waals surface area contributed by atoms with Crippen LogP contribution in [0.25, 0.3) is 0 Å². The minimum Gasteiger partial charge on any atom is -0.378 e. The highest BCUT2D eigenvalue weighted by atomic mass is 16.3. The Morgan fingerprint density at radius 2 is 2.14 bits per heavy atom. The highest BCUT2D eigenvalue weighted by Crippen LogP contribution is 2.33. The Morgan fingerprint density at radius 3 is 2.86 bits per heavy atom. The maximum absolute atomic E-state index is 12.1. The molecule has 0 spiro atoms. The molecule has 1 saturated heterocycles. The van der Waals surface area contributed by atoms with Gasteiger partial charge in [-0.1, -0.05) is 6.07 Å². The summed E-state index contributed by atoms with van der Waals surface area (Å²) in [6.45, 7) is 2.01. The van der Waals surface area contributed by atoms with Gasteiger partial charge < -0.3 is 20.2 Å². The number of aliphatic hydroxyl groups excluding tert-OH is 1. The molecule has 2 heterocycles. The molecule has 3 rings (SSSR count). The molecule has 0 aromatic heterocycles. The van der Waals surface area contributed by atoms with Gasteiger partial charge in [0, 0.05) is 37.1 Å². The molecule has 1 unspecified atom stereocenters. The van der Waals surface area contributed by atoms with Crippen molar-refractivity contribution in [2.45, 2.75) is 18.9 Å². The number of hydrogen-bond donors (Lipinski definition) is 2. The number of carbonyl (C=O) groups is 2. The van der Waals surface area contributed by atoms with E-state index >= 15 is 0 Å². The Hall–Kier alpha value is -2.08. The second-order valence-corrected chi connectivity index (χ2v) is 5.61. The third-order valence-electron chi connectivity index (χ3n) is 4.11. The summed E-state index contributed by atoms with van der Waals surface area (Å²) in [4.78, 5) is 27.3. The maximum atomic E-state index is 12.1. The molecule has 1 fully saturated rings. The first-order chi connectivity index (χ1) is 10.1. The van der Waals surface area contributed by atoms with Crippen LogP contribution in [0.5, 0.6) is 0 Å². The smallest absolute Gasteiger partial charge is 0.257 e. The van der Waals surface area contributed by atoms with Gasteiger partial charge in [0.05, 0.1) is 6.54 Å². The molecule has 2 N–H and O–H groups in total. The summed E-state index contributed by atoms with van der Waals surface area (Å²) < 4.78 is 0. The van der Waals surface area contributed by atoms with Crippen LogP contribution in [0.4, 0.5) is 11.4 Å². The Balaban J connectivity index is 1.71. The number of amides is 2. The highest BCUT2D eigenvalue weighted by molar-refractivity contribution is 6.02. The van der Waals surface area contributed by atoms with Gasteiger partial charge in [0.15, 0.2) is 6.10 Å². The van der Waals surface area contributed by atoms with Crippen LogP contribution < -0.4 is 10.2 Å². The van der Waals surface area contributed by atoms with Crippen molar-refractivity contribution in [2.75, 3.05) is 36.9 Å². The quantitative estimate of drug-likeness (QED) is 0.860. The van der Waals surface area contributed by atoms with E-state index in [0.29, 0.717) is 17.8 Å². The third-order valence-corrected chi connectivity index (χ3v) is 4.11. The van der Waals surface area contributed by atoms with Crippen LogP contribution in [0.1, 0.15) is 24.5 Å². The van der Waals surface area contributed by atoms with Crippen LogP contribution in [-0.4, -0.2) is 48.5 Å². The lowest BCUT2D eigenvalue weighted by molar-refractivity contribution is -0.128. The average molecular weight is 289 g/mol. The van der Waals surface area contributed by atoms with Crippen LogP contribution in [0.15, 0.2) is 18.2 Å². The van der Waals surface area contributed by atoms with Crippen LogP contribution in [-0.2, 0) is 9.59 Å². The fourth-order valence-corrected chi connectivity index (χ4v) is 2.83. The molecule has 1 aromatic carbocycles. The van der Waals surface area contributed by atoms with Crippen molar-refractivity contribution in [3.8, 4) is 0 Å². The van der Waals surface area contributed by atoms with Gasteiger partial charge in [-0.15, -0.1) is 0 Å². The molecule has 6 nitrogen and oxygen atoms in total. The van der Waals surface area contributed by atoms with Crippen LogP contribution in [0, 0.1) is 0 Å². The van der Waals surface area contributed by atoms with Gasteiger partial charge in [0.2, 0.25) is 5.91 Å². The molecule has 112 valence electrons. The van der Waals surface area contributed by atoms with Crippen LogP contribution >= 0.6 is 0 Å². The molecule has 1 atom stereocenters. The van der Waals surface area contributed by atoms with Gasteiger partial charge in [0.1, 0.15) is 0 Å². The van der Waals surface area contributed by atoms with Crippen molar-refractivity contribution < 1.29 is 14.7 Å². The molecule has 0 radical (unpaired) electrons. The fraction of sp³-hybridized carbons (Fsp3) is 0.467. The maximum Gasteiger partial charge on any atom is 0.257 e. The Morgan fingerprint density at radius 1 is 1.43 bits per heavy atom. The van der Waals surface area contributed by atoms with Gasteiger partial charge in [0.25, 0.3) is 5.91 Å². The van der Waals surface area contributed by atoms with E-state index in [1.54, 1.807) is 12.1 Å². The number of benzene rings is 1. The largest absolute Gasteiger partial charge is 0.378 e. The molecule has 2 aliphatic rings. The molecule has 2 amide bonds. The molecule has 2 aliphatic heterocycles. The van der Waals surface area contributed by atoms with Crippen molar-refractivity contribution >= 4 is 23.2 Å². The zero-order valence-corrected chi connectivity index (χ0v) is 12.0. The predicted octanol–water partition coefficient (Wildman–Crippen LogP) is 0.731. The lowest BCUT2D eigenvalue weighted by Gasteiger charge is -2.23. The van der Waals surface area contributed by atoms with E-state index in [2.05, 4.69) is 5.32 Å². The van der Waals surface area contributed by atoms with Crippen LogP contribution in [0.2, 0.25) is 0 Å². The number of anilines is 2. The number of nitrogens with zero attached hydrogens (tertiary/aromatic N) is 2. The van der Waals surface area contributed by atoms with E-state index < -0.39 is 12.0 Å². The average Bonchev–Trinajstić information content (AvgIpc) is 3.08. The van der Waals surface area contributed by atoms with E-state index in [9.17, 15) is 14.7 Å². The number of aliphatic hydroxyl groups is 1. The number of fused-ring (bicyclic) bond motifs is 1. The minimum absolute atomic E-state index is 0.125. The summed E-state index contributed by atoms with van der Waals surface area (Å²) in [5.74, 6) is -0.280. The van der Waals surface area contributed by atoms with Gasteiger partial charge in [-0.3, -0.25) is 9.59 Å². The molecule has 6 heteroatoms. The Bertz CT molecular complexity index is 582. The second kappa shape index (κ2) is 5.37. The van der Waals surface area contributed by atoms with Crippen molar-refractivity contribution in [1.29, 1.82) is 0 Å². The Kier molecular flexibility index (Phi) is 3.55. The molecular formula is C15H19N3O3. The number of likely N-dealkylation sites (N-methyl/N-ethyl adjacent to an activating group) is 1. The molecular weight excluding hydrogens is 270 g/mol. The standard InChI is InChI=1S/C15H19N3O3/c1-17(9-13(19)18-6-2-3-7-18)10-4-5-11-12(8-10)16-15(21)14(11)20/h4-5,8,14,20H,2-3,6-7,9H2,1H3,(H,16,21). The van der Waals surface area contributed by atoms with E-state index in [-0.39, 0.29) is 5.91 Å². The van der Waals surface area contributed by atoms with Gasteiger partial charge in [-0.05, 0) is 25.0 Å². The normalized spacial score (nSPS) is 20.4. The zero-order chi connectivity index (χ0) is 15.0. The first-order valence-electron chi connectivity index (χ1n) is 7.18. The van der Waals surface area contributed by atoms with Gasteiger partial charge in [-0.2, -0.15) is 0 Å².